The van der Waals surface area contributed by atoms with E-state index in [2.05, 4.69) is 17.0 Å². The third-order valence-electron chi connectivity index (χ3n) is 5.57. The molecule has 0 radical (unpaired) electrons. The highest BCUT2D eigenvalue weighted by Gasteiger charge is 2.34. The first kappa shape index (κ1) is 18.2. The normalized spacial score (nSPS) is 22.7. The zero-order valence-corrected chi connectivity index (χ0v) is 16.1. The molecule has 2 aromatic rings. The molecule has 0 unspecified atom stereocenters. The predicted octanol–water partition coefficient (Wildman–Crippen LogP) is 2.30. The van der Waals surface area contributed by atoms with Gasteiger partial charge in [-0.05, 0) is 29.7 Å². The molecule has 2 saturated heterocycles. The fourth-order valence-electron chi connectivity index (χ4n) is 3.97. The number of sulfone groups is 1. The number of piperazine rings is 1. The summed E-state index contributed by atoms with van der Waals surface area (Å²) in [5, 5.41) is 0. The molecule has 4 rings (SSSR count). The molecular formula is C21H24N2O3S. The molecule has 0 bridgehead atoms. The zero-order valence-electron chi connectivity index (χ0n) is 15.3. The number of carbonyl (C=O) groups is 1. The summed E-state index contributed by atoms with van der Waals surface area (Å²) in [4.78, 5) is 16.9. The molecule has 2 aromatic carbocycles. The minimum Gasteiger partial charge on any atom is -0.336 e. The van der Waals surface area contributed by atoms with Gasteiger partial charge in [-0.25, -0.2) is 8.42 Å². The Labute approximate surface area is 160 Å². The van der Waals surface area contributed by atoms with Crippen molar-refractivity contribution in [3.05, 3.63) is 60.2 Å². The van der Waals surface area contributed by atoms with Gasteiger partial charge in [0.1, 0.15) is 0 Å². The molecular weight excluding hydrogens is 360 g/mol. The highest BCUT2D eigenvalue weighted by Crippen LogP contribution is 2.22. The van der Waals surface area contributed by atoms with Gasteiger partial charge in [-0.15, -0.1) is 0 Å². The minimum atomic E-state index is -2.87. The molecule has 1 amide bonds. The summed E-state index contributed by atoms with van der Waals surface area (Å²) in [6.07, 6.45) is 0.719. The first-order valence-corrected chi connectivity index (χ1v) is 11.2. The molecule has 0 spiro atoms. The number of carbonyl (C=O) groups excluding carboxylic acids is 1. The van der Waals surface area contributed by atoms with Crippen LogP contribution in [-0.2, 0) is 9.84 Å². The summed E-state index contributed by atoms with van der Waals surface area (Å²) in [6, 6.07) is 18.0. The van der Waals surface area contributed by atoms with Gasteiger partial charge in [-0.2, -0.15) is 0 Å². The SMILES string of the molecule is O=C(c1ccc(-c2ccccc2)cc1)N1CCN([C@H]2CCS(=O)(=O)C2)CC1. The van der Waals surface area contributed by atoms with Crippen molar-refractivity contribution in [1.29, 1.82) is 0 Å². The molecule has 0 aliphatic carbocycles. The minimum absolute atomic E-state index is 0.0494. The van der Waals surface area contributed by atoms with Gasteiger partial charge in [0.05, 0.1) is 11.5 Å². The Morgan fingerprint density at radius 3 is 2.07 bits per heavy atom. The van der Waals surface area contributed by atoms with Crippen LogP contribution in [0.2, 0.25) is 0 Å². The van der Waals surface area contributed by atoms with Crippen molar-refractivity contribution in [1.82, 2.24) is 9.80 Å². The Morgan fingerprint density at radius 1 is 0.852 bits per heavy atom. The largest absolute Gasteiger partial charge is 0.336 e. The van der Waals surface area contributed by atoms with Gasteiger partial charge in [0, 0.05) is 37.8 Å². The Hall–Kier alpha value is -2.18. The van der Waals surface area contributed by atoms with Crippen LogP contribution in [0.1, 0.15) is 16.8 Å². The lowest BCUT2D eigenvalue weighted by Gasteiger charge is -2.37. The highest BCUT2D eigenvalue weighted by molar-refractivity contribution is 7.91. The van der Waals surface area contributed by atoms with E-state index in [1.807, 2.05) is 47.4 Å². The van der Waals surface area contributed by atoms with E-state index in [1.165, 1.54) is 0 Å². The van der Waals surface area contributed by atoms with E-state index in [-0.39, 0.29) is 17.7 Å². The van der Waals surface area contributed by atoms with Gasteiger partial charge in [0.25, 0.3) is 5.91 Å². The summed E-state index contributed by atoms with van der Waals surface area (Å²) in [7, 11) is -2.87. The fraction of sp³-hybridized carbons (Fsp3) is 0.381. The third-order valence-corrected chi connectivity index (χ3v) is 7.32. The maximum Gasteiger partial charge on any atom is 0.253 e. The van der Waals surface area contributed by atoms with Crippen molar-refractivity contribution < 1.29 is 13.2 Å². The summed E-state index contributed by atoms with van der Waals surface area (Å²) in [5.74, 6) is 0.611. The number of amides is 1. The van der Waals surface area contributed by atoms with Gasteiger partial charge >= 0.3 is 0 Å². The Morgan fingerprint density at radius 2 is 1.48 bits per heavy atom. The molecule has 2 fully saturated rings. The molecule has 6 heteroatoms. The lowest BCUT2D eigenvalue weighted by Crippen LogP contribution is -2.52. The van der Waals surface area contributed by atoms with Crippen LogP contribution >= 0.6 is 0 Å². The summed E-state index contributed by atoms with van der Waals surface area (Å²) < 4.78 is 23.4. The van der Waals surface area contributed by atoms with Crippen LogP contribution in [0.15, 0.2) is 54.6 Å². The van der Waals surface area contributed by atoms with Gasteiger partial charge in [-0.3, -0.25) is 9.69 Å². The van der Waals surface area contributed by atoms with Crippen molar-refractivity contribution >= 4 is 15.7 Å². The lowest BCUT2D eigenvalue weighted by molar-refractivity contribution is 0.0588. The van der Waals surface area contributed by atoms with Crippen LogP contribution < -0.4 is 0 Å². The second kappa shape index (κ2) is 7.44. The van der Waals surface area contributed by atoms with Crippen LogP contribution in [0.3, 0.4) is 0 Å². The molecule has 2 aliphatic rings. The highest BCUT2D eigenvalue weighted by atomic mass is 32.2. The van der Waals surface area contributed by atoms with E-state index in [1.54, 1.807) is 0 Å². The number of hydrogen-bond acceptors (Lipinski definition) is 4. The summed E-state index contributed by atoms with van der Waals surface area (Å²) in [6.45, 7) is 2.79. The topological polar surface area (TPSA) is 57.7 Å². The van der Waals surface area contributed by atoms with E-state index < -0.39 is 9.84 Å². The maximum atomic E-state index is 12.8. The van der Waals surface area contributed by atoms with E-state index in [0.29, 0.717) is 24.4 Å². The third kappa shape index (κ3) is 4.06. The zero-order chi connectivity index (χ0) is 18.9. The first-order valence-electron chi connectivity index (χ1n) is 9.41. The summed E-state index contributed by atoms with van der Waals surface area (Å²) >= 11 is 0. The number of benzene rings is 2. The smallest absolute Gasteiger partial charge is 0.253 e. The van der Waals surface area contributed by atoms with E-state index in [9.17, 15) is 13.2 Å². The van der Waals surface area contributed by atoms with Crippen LogP contribution in [0, 0.1) is 0 Å². The Bertz CT molecular complexity index is 902. The van der Waals surface area contributed by atoms with Gasteiger partial charge in [-0.1, -0.05) is 42.5 Å². The quantitative estimate of drug-likeness (QED) is 0.815. The Kier molecular flexibility index (Phi) is 5.02. The van der Waals surface area contributed by atoms with E-state index in [0.717, 1.165) is 30.6 Å². The van der Waals surface area contributed by atoms with Crippen molar-refractivity contribution in [2.24, 2.45) is 0 Å². The summed E-state index contributed by atoms with van der Waals surface area (Å²) in [5.41, 5.74) is 2.93. The maximum absolute atomic E-state index is 12.8. The van der Waals surface area contributed by atoms with Crippen molar-refractivity contribution in [2.45, 2.75) is 12.5 Å². The standard InChI is InChI=1S/C21H24N2O3S/c24-21(19-8-6-18(7-9-19)17-4-2-1-3-5-17)23-13-11-22(12-14-23)20-10-15-27(25,26)16-20/h1-9,20H,10-16H2/t20-/m0/s1. The number of nitrogens with zero attached hydrogens (tertiary/aromatic N) is 2. The molecule has 0 aromatic heterocycles. The second-order valence-electron chi connectivity index (χ2n) is 7.33. The molecule has 0 N–H and O–H groups in total. The molecule has 1 atom stereocenters. The van der Waals surface area contributed by atoms with E-state index in [4.69, 9.17) is 0 Å². The van der Waals surface area contributed by atoms with Crippen molar-refractivity contribution in [2.75, 3.05) is 37.7 Å². The molecule has 27 heavy (non-hydrogen) atoms. The van der Waals surface area contributed by atoms with E-state index >= 15 is 0 Å². The van der Waals surface area contributed by atoms with Crippen LogP contribution in [0.4, 0.5) is 0 Å². The van der Waals surface area contributed by atoms with Gasteiger partial charge < -0.3 is 4.90 Å². The van der Waals surface area contributed by atoms with Crippen LogP contribution in [0.25, 0.3) is 11.1 Å². The molecule has 2 heterocycles. The second-order valence-corrected chi connectivity index (χ2v) is 9.56. The van der Waals surface area contributed by atoms with Gasteiger partial charge in [0.2, 0.25) is 0 Å². The molecule has 5 nitrogen and oxygen atoms in total. The molecule has 2 aliphatic heterocycles. The van der Waals surface area contributed by atoms with Crippen LogP contribution in [0.5, 0.6) is 0 Å². The monoisotopic (exact) mass is 384 g/mol. The number of rotatable bonds is 3. The first-order chi connectivity index (χ1) is 13.0. The lowest BCUT2D eigenvalue weighted by atomic mass is 10.0. The predicted molar refractivity (Wildman–Crippen MR) is 106 cm³/mol. The Balaban J connectivity index is 1.37. The average molecular weight is 385 g/mol. The van der Waals surface area contributed by atoms with Crippen molar-refractivity contribution in [3.8, 4) is 11.1 Å². The average Bonchev–Trinajstić information content (AvgIpc) is 3.08. The van der Waals surface area contributed by atoms with Gasteiger partial charge in [0.15, 0.2) is 9.84 Å². The fourth-order valence-corrected chi connectivity index (χ4v) is 5.73. The number of hydrogen-bond donors (Lipinski definition) is 0. The van der Waals surface area contributed by atoms with Crippen molar-refractivity contribution in [3.63, 3.8) is 0 Å². The molecule has 0 saturated carbocycles. The molecule has 142 valence electrons. The van der Waals surface area contributed by atoms with Crippen LogP contribution in [-0.4, -0.2) is 67.9 Å².